The molecule has 2 heterocycles. The van der Waals surface area contributed by atoms with Crippen LogP contribution in [0.4, 0.5) is 11.4 Å². The first-order valence-corrected chi connectivity index (χ1v) is 10.4. The minimum atomic E-state index is -0.274. The van der Waals surface area contributed by atoms with Crippen molar-refractivity contribution in [3.63, 3.8) is 0 Å². The van der Waals surface area contributed by atoms with Gasteiger partial charge in [0.15, 0.2) is 0 Å². The number of aromatic hydroxyl groups is 1. The molecule has 4 aromatic rings. The molecule has 1 atom stereocenters. The number of aliphatic imine (C=N–C) groups is 1. The molecule has 1 unspecified atom stereocenters. The van der Waals surface area contributed by atoms with Crippen LogP contribution >= 0.6 is 11.6 Å². The lowest BCUT2D eigenvalue weighted by Crippen LogP contribution is -2.26. The lowest BCUT2D eigenvalue weighted by molar-refractivity contribution is 0.478. The number of anilines is 1. The molecule has 154 valence electrons. The zero-order valence-corrected chi connectivity index (χ0v) is 17.6. The van der Waals surface area contributed by atoms with Gasteiger partial charge in [-0.1, -0.05) is 48.0 Å². The number of fused-ring (bicyclic) bond motifs is 2. The molecule has 0 saturated heterocycles. The summed E-state index contributed by atoms with van der Waals surface area (Å²) in [5, 5.41) is 15.9. The highest BCUT2D eigenvalue weighted by atomic mass is 35.5. The monoisotopic (exact) mass is 429 g/mol. The van der Waals surface area contributed by atoms with Crippen molar-refractivity contribution in [3.05, 3.63) is 99.3 Å². The van der Waals surface area contributed by atoms with Gasteiger partial charge in [0.05, 0.1) is 28.6 Å². The highest BCUT2D eigenvalue weighted by molar-refractivity contribution is 6.30. The molecule has 0 aliphatic carbocycles. The maximum Gasteiger partial charge on any atom is 0.263 e. The van der Waals surface area contributed by atoms with E-state index < -0.39 is 0 Å². The molecule has 2 N–H and O–H groups in total. The predicted octanol–water partition coefficient (Wildman–Crippen LogP) is 5.58. The number of pyridine rings is 1. The molecule has 0 fully saturated rings. The Morgan fingerprint density at radius 1 is 1.03 bits per heavy atom. The summed E-state index contributed by atoms with van der Waals surface area (Å²) in [6.45, 7) is 0. The normalized spacial score (nSPS) is 15.7. The first-order valence-electron chi connectivity index (χ1n) is 10.0. The number of hydrogen-bond acceptors (Lipinski definition) is 4. The zero-order valence-electron chi connectivity index (χ0n) is 16.8. The molecule has 0 bridgehead atoms. The van der Waals surface area contributed by atoms with Crippen molar-refractivity contribution in [1.29, 1.82) is 0 Å². The Bertz CT molecular complexity index is 1390. The number of benzene rings is 3. The van der Waals surface area contributed by atoms with Gasteiger partial charge >= 0.3 is 0 Å². The molecular weight excluding hydrogens is 410 g/mol. The Morgan fingerprint density at radius 2 is 1.74 bits per heavy atom. The Balaban J connectivity index is 1.73. The van der Waals surface area contributed by atoms with Crippen LogP contribution < -0.4 is 10.9 Å². The van der Waals surface area contributed by atoms with E-state index >= 15 is 0 Å². The molecule has 0 radical (unpaired) electrons. The second-order valence-corrected chi connectivity index (χ2v) is 8.07. The topological polar surface area (TPSA) is 66.6 Å². The maximum absolute atomic E-state index is 13.3. The van der Waals surface area contributed by atoms with Crippen LogP contribution in [-0.2, 0) is 7.05 Å². The van der Waals surface area contributed by atoms with E-state index in [4.69, 9.17) is 16.6 Å². The standard InChI is InChI=1S/C25H20ClN3O2/c1-29-22-9-5-2-6-17(22)24(30)23(25(29)31)21-14-20(15-10-12-16(26)13-11-15)27-18-7-3-4-8-19(18)28-21/h2-13,20,27,30H,14H2,1H3. The van der Waals surface area contributed by atoms with Crippen LogP contribution in [0.25, 0.3) is 10.9 Å². The number of halogens is 1. The third kappa shape index (κ3) is 3.37. The van der Waals surface area contributed by atoms with E-state index in [1.54, 1.807) is 11.6 Å². The van der Waals surface area contributed by atoms with Crippen LogP contribution in [-0.4, -0.2) is 15.4 Å². The summed E-state index contributed by atoms with van der Waals surface area (Å²) < 4.78 is 1.56. The molecule has 1 aliphatic rings. The minimum Gasteiger partial charge on any atom is -0.506 e. The lowest BCUT2D eigenvalue weighted by atomic mass is 9.96. The molecule has 31 heavy (non-hydrogen) atoms. The number of rotatable bonds is 2. The highest BCUT2D eigenvalue weighted by Crippen LogP contribution is 2.37. The predicted molar refractivity (Wildman–Crippen MR) is 126 cm³/mol. The highest BCUT2D eigenvalue weighted by Gasteiger charge is 2.26. The van der Waals surface area contributed by atoms with E-state index in [0.717, 1.165) is 16.9 Å². The SMILES string of the molecule is Cn1c(=O)c(C2=Nc3ccccc3NC(c3ccc(Cl)cc3)C2)c(O)c2ccccc21. The fraction of sp³-hybridized carbons (Fsp3) is 0.120. The molecule has 3 aromatic carbocycles. The van der Waals surface area contributed by atoms with Gasteiger partial charge < -0.3 is 15.0 Å². The van der Waals surface area contributed by atoms with E-state index in [2.05, 4.69) is 5.32 Å². The molecule has 1 aliphatic heterocycles. The van der Waals surface area contributed by atoms with Crippen LogP contribution in [0.3, 0.4) is 0 Å². The number of aromatic nitrogens is 1. The van der Waals surface area contributed by atoms with Crippen LogP contribution in [0.5, 0.6) is 5.75 Å². The number of nitrogens with one attached hydrogen (secondary N) is 1. The van der Waals surface area contributed by atoms with Gasteiger partial charge in [0.1, 0.15) is 11.3 Å². The summed E-state index contributed by atoms with van der Waals surface area (Å²) >= 11 is 6.08. The number of nitrogens with zero attached hydrogens (tertiary/aromatic N) is 2. The van der Waals surface area contributed by atoms with Gasteiger partial charge in [-0.05, 0) is 42.0 Å². The Morgan fingerprint density at radius 3 is 2.55 bits per heavy atom. The summed E-state index contributed by atoms with van der Waals surface area (Å²) in [5.41, 5.74) is 3.80. The van der Waals surface area contributed by atoms with Gasteiger partial charge in [-0.15, -0.1) is 0 Å². The number of aryl methyl sites for hydroxylation is 1. The Labute approximate surface area is 184 Å². The first kappa shape index (κ1) is 19.4. The van der Waals surface area contributed by atoms with Crippen molar-refractivity contribution in [2.75, 3.05) is 5.32 Å². The smallest absolute Gasteiger partial charge is 0.263 e. The maximum atomic E-state index is 13.3. The summed E-state index contributed by atoms with van der Waals surface area (Å²) in [6.07, 6.45) is 0.428. The summed E-state index contributed by atoms with van der Waals surface area (Å²) in [5.74, 6) is -0.0355. The third-order valence-corrected chi connectivity index (χ3v) is 5.98. The van der Waals surface area contributed by atoms with Crippen molar-refractivity contribution in [2.24, 2.45) is 12.0 Å². The largest absolute Gasteiger partial charge is 0.506 e. The second kappa shape index (κ2) is 7.60. The fourth-order valence-electron chi connectivity index (χ4n) is 4.11. The van der Waals surface area contributed by atoms with Gasteiger partial charge in [0.25, 0.3) is 5.56 Å². The molecule has 0 saturated carbocycles. The fourth-order valence-corrected chi connectivity index (χ4v) is 4.24. The zero-order chi connectivity index (χ0) is 21.5. The van der Waals surface area contributed by atoms with Crippen LogP contribution in [0.15, 0.2) is 82.6 Å². The van der Waals surface area contributed by atoms with E-state index in [-0.39, 0.29) is 22.9 Å². The van der Waals surface area contributed by atoms with Crippen LogP contribution in [0.2, 0.25) is 5.02 Å². The molecule has 5 nitrogen and oxygen atoms in total. The third-order valence-electron chi connectivity index (χ3n) is 5.72. The Kier molecular flexibility index (Phi) is 4.75. The van der Waals surface area contributed by atoms with Crippen molar-refractivity contribution < 1.29 is 5.11 Å². The minimum absolute atomic E-state index is 0.0355. The van der Waals surface area contributed by atoms with Gasteiger partial charge in [-0.25, -0.2) is 0 Å². The molecule has 0 amide bonds. The van der Waals surface area contributed by atoms with E-state index in [1.807, 2.05) is 72.8 Å². The number of para-hydroxylation sites is 3. The molecular formula is C25H20ClN3O2. The van der Waals surface area contributed by atoms with E-state index in [1.165, 1.54) is 0 Å². The van der Waals surface area contributed by atoms with Crippen LogP contribution in [0, 0.1) is 0 Å². The van der Waals surface area contributed by atoms with Crippen molar-refractivity contribution in [1.82, 2.24) is 4.57 Å². The quantitative estimate of drug-likeness (QED) is 0.437. The van der Waals surface area contributed by atoms with Gasteiger partial charge in [0, 0.05) is 23.9 Å². The molecule has 5 rings (SSSR count). The van der Waals surface area contributed by atoms with Gasteiger partial charge in [-0.3, -0.25) is 9.79 Å². The van der Waals surface area contributed by atoms with E-state index in [0.29, 0.717) is 28.1 Å². The van der Waals surface area contributed by atoms with E-state index in [9.17, 15) is 9.90 Å². The average Bonchev–Trinajstić information content (AvgIpc) is 2.98. The summed E-state index contributed by atoms with van der Waals surface area (Å²) in [6, 6.07) is 22.5. The summed E-state index contributed by atoms with van der Waals surface area (Å²) in [4.78, 5) is 18.1. The molecule has 6 heteroatoms. The Hall–Kier alpha value is -3.57. The van der Waals surface area contributed by atoms with Gasteiger partial charge in [-0.2, -0.15) is 0 Å². The average molecular weight is 430 g/mol. The first-order chi connectivity index (χ1) is 15.0. The lowest BCUT2D eigenvalue weighted by Gasteiger charge is -2.20. The van der Waals surface area contributed by atoms with Crippen molar-refractivity contribution >= 4 is 39.6 Å². The second-order valence-electron chi connectivity index (χ2n) is 7.63. The molecule has 1 aromatic heterocycles. The van der Waals surface area contributed by atoms with Crippen LogP contribution in [0.1, 0.15) is 23.6 Å². The number of hydrogen-bond donors (Lipinski definition) is 2. The van der Waals surface area contributed by atoms with Crippen molar-refractivity contribution in [2.45, 2.75) is 12.5 Å². The molecule has 0 spiro atoms. The van der Waals surface area contributed by atoms with Crippen molar-refractivity contribution in [3.8, 4) is 5.75 Å². The van der Waals surface area contributed by atoms with Gasteiger partial charge in [0.2, 0.25) is 0 Å². The summed E-state index contributed by atoms with van der Waals surface area (Å²) in [7, 11) is 1.72.